The van der Waals surface area contributed by atoms with Gasteiger partial charge in [0.15, 0.2) is 5.41 Å². The molecule has 0 saturated carbocycles. The Labute approximate surface area is 184 Å². The lowest BCUT2D eigenvalue weighted by Crippen LogP contribution is -2.48. The van der Waals surface area contributed by atoms with Crippen molar-refractivity contribution in [2.75, 3.05) is 31.2 Å². The van der Waals surface area contributed by atoms with Gasteiger partial charge < -0.3 is 9.84 Å². The van der Waals surface area contributed by atoms with Crippen LogP contribution >= 0.6 is 11.6 Å². The highest BCUT2D eigenvalue weighted by molar-refractivity contribution is 6.32. The summed E-state index contributed by atoms with van der Waals surface area (Å²) in [5.41, 5.74) is -0.602. The van der Waals surface area contributed by atoms with E-state index in [1.165, 1.54) is 18.2 Å². The van der Waals surface area contributed by atoms with Gasteiger partial charge in [-0.3, -0.25) is 29.0 Å². The van der Waals surface area contributed by atoms with Crippen LogP contribution in [0.3, 0.4) is 0 Å². The summed E-state index contributed by atoms with van der Waals surface area (Å²) in [6, 6.07) is 4.43. The van der Waals surface area contributed by atoms with Crippen molar-refractivity contribution in [2.24, 2.45) is 0 Å². The van der Waals surface area contributed by atoms with Crippen LogP contribution in [0.2, 0.25) is 5.02 Å². The van der Waals surface area contributed by atoms with Gasteiger partial charge in [-0.25, -0.2) is 0 Å². The summed E-state index contributed by atoms with van der Waals surface area (Å²) >= 11 is 6.08. The molecule has 8 nitrogen and oxygen atoms in total. The Balaban J connectivity index is 1.81. The van der Waals surface area contributed by atoms with Gasteiger partial charge in [-0.1, -0.05) is 43.0 Å². The fourth-order valence-electron chi connectivity index (χ4n) is 3.79. The number of amides is 3. The molecule has 2 aliphatic heterocycles. The topological polar surface area (TPSA) is 104 Å². The molecule has 1 aromatic rings. The Morgan fingerprint density at radius 1 is 1.26 bits per heavy atom. The first kappa shape index (κ1) is 22.5. The predicted molar refractivity (Wildman–Crippen MR) is 114 cm³/mol. The number of carboxylic acid groups (broad SMARTS) is 1. The molecule has 1 aromatic carbocycles. The number of anilines is 1. The van der Waals surface area contributed by atoms with Gasteiger partial charge >= 0.3 is 5.97 Å². The van der Waals surface area contributed by atoms with E-state index in [-0.39, 0.29) is 42.5 Å². The molecular formula is C22H21ClN2O6. The monoisotopic (exact) mass is 444 g/mol. The van der Waals surface area contributed by atoms with Gasteiger partial charge in [0.1, 0.15) is 6.54 Å². The van der Waals surface area contributed by atoms with Crippen LogP contribution in [0.25, 0.3) is 0 Å². The van der Waals surface area contributed by atoms with E-state index in [9.17, 15) is 24.3 Å². The molecule has 162 valence electrons. The fourth-order valence-corrected chi connectivity index (χ4v) is 3.96. The zero-order valence-electron chi connectivity index (χ0n) is 16.7. The number of fused-ring (bicyclic) bond motifs is 2. The summed E-state index contributed by atoms with van der Waals surface area (Å²) in [6.07, 6.45) is 4.65. The number of imide groups is 1. The quantitative estimate of drug-likeness (QED) is 0.270. The molecule has 1 N–H and O–H groups in total. The third-order valence-corrected chi connectivity index (χ3v) is 5.39. The number of halogens is 1. The molecule has 9 heteroatoms. The maximum absolute atomic E-state index is 13.3. The Morgan fingerprint density at radius 2 is 1.97 bits per heavy atom. The fraction of sp³-hybridized carbons (Fsp3) is 0.273. The third kappa shape index (κ3) is 4.04. The minimum absolute atomic E-state index is 0.0417. The minimum atomic E-state index is -1.80. The molecular weight excluding hydrogens is 424 g/mol. The zero-order valence-corrected chi connectivity index (χ0v) is 17.4. The number of carbonyl (C=O) groups excluding carboxylic acids is 3. The molecule has 1 atom stereocenters. The number of carbonyl (C=O) groups is 4. The molecule has 1 unspecified atom stereocenters. The second-order valence-electron chi connectivity index (χ2n) is 7.18. The van der Waals surface area contributed by atoms with E-state index in [0.29, 0.717) is 5.57 Å². The summed E-state index contributed by atoms with van der Waals surface area (Å²) in [5.74, 6) is -3.21. The van der Waals surface area contributed by atoms with Crippen molar-refractivity contribution in [1.29, 1.82) is 0 Å². The Hall–Kier alpha value is -3.23. The van der Waals surface area contributed by atoms with E-state index in [2.05, 4.69) is 13.2 Å². The average molecular weight is 445 g/mol. The van der Waals surface area contributed by atoms with E-state index in [1.54, 1.807) is 18.2 Å². The van der Waals surface area contributed by atoms with Gasteiger partial charge in [-0.2, -0.15) is 0 Å². The number of aliphatic carboxylic acids is 1. The van der Waals surface area contributed by atoms with Crippen molar-refractivity contribution >= 4 is 41.0 Å². The van der Waals surface area contributed by atoms with Crippen LogP contribution in [0.5, 0.6) is 0 Å². The lowest BCUT2D eigenvalue weighted by atomic mass is 9.80. The number of rotatable bonds is 9. The van der Waals surface area contributed by atoms with E-state index < -0.39 is 35.7 Å². The third-order valence-electron chi connectivity index (χ3n) is 5.16. The molecule has 0 aromatic heterocycles. The highest BCUT2D eigenvalue weighted by Gasteiger charge is 2.63. The maximum Gasteiger partial charge on any atom is 0.323 e. The first-order valence-electron chi connectivity index (χ1n) is 9.45. The van der Waals surface area contributed by atoms with E-state index >= 15 is 0 Å². The van der Waals surface area contributed by atoms with E-state index in [4.69, 9.17) is 16.3 Å². The molecule has 3 rings (SSSR count). The van der Waals surface area contributed by atoms with Gasteiger partial charge in [-0.05, 0) is 23.8 Å². The second-order valence-corrected chi connectivity index (χ2v) is 7.62. The largest absolute Gasteiger partial charge is 0.480 e. The van der Waals surface area contributed by atoms with Gasteiger partial charge in [-0.15, -0.1) is 0 Å². The number of allylic oxidation sites excluding steroid dienone is 2. The summed E-state index contributed by atoms with van der Waals surface area (Å²) in [6.45, 7) is 6.96. The molecule has 1 fully saturated rings. The van der Waals surface area contributed by atoms with Crippen molar-refractivity contribution < 1.29 is 29.0 Å². The molecule has 0 bridgehead atoms. The minimum Gasteiger partial charge on any atom is -0.480 e. The number of nitrogens with zero attached hydrogens (tertiary/aromatic N) is 2. The number of benzene rings is 1. The van der Waals surface area contributed by atoms with E-state index in [1.807, 2.05) is 0 Å². The smallest absolute Gasteiger partial charge is 0.323 e. The summed E-state index contributed by atoms with van der Waals surface area (Å²) in [5, 5.41) is 9.47. The highest BCUT2D eigenvalue weighted by atomic mass is 35.5. The Kier molecular flexibility index (Phi) is 6.42. The normalized spacial score (nSPS) is 20.2. The van der Waals surface area contributed by atoms with Crippen molar-refractivity contribution in [2.45, 2.75) is 11.8 Å². The highest BCUT2D eigenvalue weighted by Crippen LogP contribution is 2.49. The molecule has 2 heterocycles. The van der Waals surface area contributed by atoms with Crippen LogP contribution in [-0.2, 0) is 29.3 Å². The lowest BCUT2D eigenvalue weighted by Gasteiger charge is -2.22. The second kappa shape index (κ2) is 8.87. The average Bonchev–Trinajstić information content (AvgIpc) is 3.09. The van der Waals surface area contributed by atoms with Gasteiger partial charge in [0.25, 0.3) is 0 Å². The zero-order chi connectivity index (χ0) is 22.8. The Morgan fingerprint density at radius 3 is 2.65 bits per heavy atom. The van der Waals surface area contributed by atoms with Crippen molar-refractivity contribution in [3.8, 4) is 0 Å². The first-order valence-corrected chi connectivity index (χ1v) is 9.83. The van der Waals surface area contributed by atoms with Gasteiger partial charge in [0.05, 0.1) is 26.2 Å². The van der Waals surface area contributed by atoms with Crippen LogP contribution in [0.15, 0.2) is 55.2 Å². The summed E-state index contributed by atoms with van der Waals surface area (Å²) in [7, 11) is 0. The standard InChI is InChI=1S/C22H21ClN2O6/c1-3-4-5-14(2)13-31-9-8-24-18(26)11-22(20(24)29)16-10-15(23)6-7-17(16)25(21(22)30)12-19(27)28/h3-7,10H,1-2,8-9,11-13H2,(H,27,28)/b5-4-. The number of likely N-dealkylation sites (tertiary alicyclic amines) is 1. The van der Waals surface area contributed by atoms with Crippen LogP contribution in [0.4, 0.5) is 5.69 Å². The van der Waals surface area contributed by atoms with Gasteiger partial charge in [0, 0.05) is 16.3 Å². The number of ether oxygens (including phenoxy) is 1. The molecule has 2 aliphatic rings. The Bertz CT molecular complexity index is 1020. The SMILES string of the molecule is C=C/C=C\C(=C)COCCN1C(=O)CC2(C1=O)C(=O)N(CC(=O)O)c1ccc(Cl)cc12. The lowest BCUT2D eigenvalue weighted by molar-refractivity contribution is -0.143. The first-order chi connectivity index (χ1) is 14.7. The van der Waals surface area contributed by atoms with Crippen molar-refractivity contribution in [3.05, 3.63) is 65.7 Å². The van der Waals surface area contributed by atoms with Crippen LogP contribution < -0.4 is 4.90 Å². The number of hydrogen-bond acceptors (Lipinski definition) is 5. The van der Waals surface area contributed by atoms with Gasteiger partial charge in [0.2, 0.25) is 17.7 Å². The van der Waals surface area contributed by atoms with Crippen molar-refractivity contribution in [1.82, 2.24) is 4.90 Å². The molecule has 0 radical (unpaired) electrons. The summed E-state index contributed by atoms with van der Waals surface area (Å²) < 4.78 is 5.47. The van der Waals surface area contributed by atoms with Crippen LogP contribution in [-0.4, -0.2) is 60.0 Å². The maximum atomic E-state index is 13.3. The van der Waals surface area contributed by atoms with Crippen molar-refractivity contribution in [3.63, 3.8) is 0 Å². The van der Waals surface area contributed by atoms with E-state index in [0.717, 1.165) is 9.80 Å². The molecule has 1 saturated heterocycles. The van der Waals surface area contributed by atoms with Crippen LogP contribution in [0.1, 0.15) is 12.0 Å². The number of hydrogen-bond donors (Lipinski definition) is 1. The number of carboxylic acids is 1. The molecule has 1 spiro atoms. The molecule has 0 aliphatic carbocycles. The van der Waals surface area contributed by atoms with Crippen LogP contribution in [0, 0.1) is 0 Å². The predicted octanol–water partition coefficient (Wildman–Crippen LogP) is 2.08. The molecule has 31 heavy (non-hydrogen) atoms. The summed E-state index contributed by atoms with van der Waals surface area (Å²) in [4.78, 5) is 52.4. The molecule has 3 amide bonds.